The zero-order valence-corrected chi connectivity index (χ0v) is 12.8. The molecule has 3 N–H and O–H groups in total. The molecule has 0 aliphatic carbocycles. The van der Waals surface area contributed by atoms with E-state index in [1.807, 2.05) is 12.1 Å². The van der Waals surface area contributed by atoms with Crippen molar-refractivity contribution in [1.29, 1.82) is 0 Å². The second-order valence-electron chi connectivity index (χ2n) is 6.06. The predicted molar refractivity (Wildman–Crippen MR) is 86.9 cm³/mol. The Hall–Kier alpha value is -1.06. The molecule has 0 spiro atoms. The van der Waals surface area contributed by atoms with Crippen LogP contribution in [-0.4, -0.2) is 37.1 Å². The fourth-order valence-corrected chi connectivity index (χ4v) is 2.89. The van der Waals surface area contributed by atoms with Gasteiger partial charge in [0.1, 0.15) is 0 Å². The van der Waals surface area contributed by atoms with Crippen molar-refractivity contribution in [3.8, 4) is 0 Å². The zero-order valence-electron chi connectivity index (χ0n) is 12.8. The van der Waals surface area contributed by atoms with Gasteiger partial charge in [-0.1, -0.05) is 12.1 Å². The van der Waals surface area contributed by atoms with Gasteiger partial charge in [-0.3, -0.25) is 0 Å². The molecule has 0 radical (unpaired) electrons. The van der Waals surface area contributed by atoms with Gasteiger partial charge in [0.25, 0.3) is 0 Å². The number of likely N-dealkylation sites (tertiary alicyclic amines) is 1. The first-order valence-corrected chi connectivity index (χ1v) is 8.04. The first-order chi connectivity index (χ1) is 9.74. The van der Waals surface area contributed by atoms with Gasteiger partial charge in [0.2, 0.25) is 0 Å². The largest absolute Gasteiger partial charge is 0.399 e. The lowest BCUT2D eigenvalue weighted by Gasteiger charge is -2.16. The van der Waals surface area contributed by atoms with E-state index in [-0.39, 0.29) is 0 Å². The number of nitrogens with one attached hydrogen (secondary N) is 1. The van der Waals surface area contributed by atoms with Crippen molar-refractivity contribution >= 4 is 5.69 Å². The van der Waals surface area contributed by atoms with Crippen molar-refractivity contribution in [3.63, 3.8) is 0 Å². The molecule has 20 heavy (non-hydrogen) atoms. The third-order valence-corrected chi connectivity index (χ3v) is 4.11. The maximum Gasteiger partial charge on any atom is 0.0314 e. The summed E-state index contributed by atoms with van der Waals surface area (Å²) in [4.78, 5) is 2.60. The molecule has 1 aliphatic heterocycles. The van der Waals surface area contributed by atoms with Crippen LogP contribution < -0.4 is 11.1 Å². The minimum Gasteiger partial charge on any atom is -0.399 e. The Balaban J connectivity index is 1.53. The van der Waals surface area contributed by atoms with Crippen LogP contribution in [-0.2, 0) is 6.42 Å². The number of benzene rings is 1. The van der Waals surface area contributed by atoms with Crippen LogP contribution >= 0.6 is 0 Å². The molecule has 1 aliphatic rings. The number of unbranched alkanes of at least 4 members (excludes halogenated alkanes) is 1. The smallest absolute Gasteiger partial charge is 0.0314 e. The van der Waals surface area contributed by atoms with E-state index in [0.29, 0.717) is 6.04 Å². The molecule has 1 fully saturated rings. The second kappa shape index (κ2) is 8.28. The summed E-state index contributed by atoms with van der Waals surface area (Å²) in [5.41, 5.74) is 7.90. The fourth-order valence-electron chi connectivity index (χ4n) is 2.89. The monoisotopic (exact) mass is 275 g/mol. The van der Waals surface area contributed by atoms with Gasteiger partial charge >= 0.3 is 0 Å². The van der Waals surface area contributed by atoms with Crippen LogP contribution in [0, 0.1) is 0 Å². The summed E-state index contributed by atoms with van der Waals surface area (Å²) in [6.07, 6.45) is 6.48. The summed E-state index contributed by atoms with van der Waals surface area (Å²) in [5.74, 6) is 0. The summed E-state index contributed by atoms with van der Waals surface area (Å²) in [5, 5.41) is 3.62. The molecule has 1 aromatic carbocycles. The highest BCUT2D eigenvalue weighted by Crippen LogP contribution is 2.09. The predicted octanol–water partition coefficient (Wildman–Crippen LogP) is 2.67. The Morgan fingerprint density at radius 1 is 1.15 bits per heavy atom. The van der Waals surface area contributed by atoms with Crippen LogP contribution in [0.4, 0.5) is 5.69 Å². The summed E-state index contributed by atoms with van der Waals surface area (Å²) >= 11 is 0. The van der Waals surface area contributed by atoms with E-state index < -0.39 is 0 Å². The van der Waals surface area contributed by atoms with E-state index in [1.165, 1.54) is 50.9 Å². The summed E-state index contributed by atoms with van der Waals surface area (Å²) in [7, 11) is 0. The Bertz CT molecular complexity index is 368. The number of anilines is 1. The molecule has 3 heteroatoms. The van der Waals surface area contributed by atoms with Gasteiger partial charge in [-0.2, -0.15) is 0 Å². The van der Waals surface area contributed by atoms with Crippen LogP contribution in [0.25, 0.3) is 0 Å². The van der Waals surface area contributed by atoms with Crippen molar-refractivity contribution in [2.24, 2.45) is 0 Å². The molecule has 1 heterocycles. The molecule has 0 bridgehead atoms. The van der Waals surface area contributed by atoms with Gasteiger partial charge in [-0.25, -0.2) is 0 Å². The highest BCUT2D eigenvalue weighted by atomic mass is 15.1. The number of hydrogen-bond donors (Lipinski definition) is 2. The van der Waals surface area contributed by atoms with Gasteiger partial charge in [0, 0.05) is 11.7 Å². The third-order valence-electron chi connectivity index (χ3n) is 4.11. The van der Waals surface area contributed by atoms with Gasteiger partial charge in [0.05, 0.1) is 0 Å². The van der Waals surface area contributed by atoms with Crippen molar-refractivity contribution in [2.75, 3.05) is 31.9 Å². The van der Waals surface area contributed by atoms with Gasteiger partial charge in [-0.05, 0) is 82.9 Å². The lowest BCUT2D eigenvalue weighted by molar-refractivity contribution is 0.328. The lowest BCUT2D eigenvalue weighted by Crippen LogP contribution is -2.29. The highest BCUT2D eigenvalue weighted by molar-refractivity contribution is 5.39. The van der Waals surface area contributed by atoms with Gasteiger partial charge in [0.15, 0.2) is 0 Å². The normalized spacial score (nSPS) is 17.4. The number of nitrogens with two attached hydrogens (primary N) is 1. The fraction of sp³-hybridized carbons (Fsp3) is 0.647. The average molecular weight is 275 g/mol. The van der Waals surface area contributed by atoms with E-state index in [4.69, 9.17) is 5.73 Å². The molecular weight excluding hydrogens is 246 g/mol. The number of hydrogen-bond acceptors (Lipinski definition) is 3. The molecule has 1 atom stereocenters. The Labute approximate surface area is 123 Å². The Morgan fingerprint density at radius 3 is 2.55 bits per heavy atom. The van der Waals surface area contributed by atoms with E-state index >= 15 is 0 Å². The van der Waals surface area contributed by atoms with Gasteiger partial charge < -0.3 is 16.0 Å². The molecule has 1 unspecified atom stereocenters. The first kappa shape index (κ1) is 15.3. The zero-order chi connectivity index (χ0) is 14.2. The molecule has 0 saturated carbocycles. The molecule has 1 saturated heterocycles. The van der Waals surface area contributed by atoms with E-state index in [2.05, 4.69) is 29.3 Å². The quantitative estimate of drug-likeness (QED) is 0.566. The van der Waals surface area contributed by atoms with Crippen molar-refractivity contribution in [1.82, 2.24) is 10.2 Å². The first-order valence-electron chi connectivity index (χ1n) is 8.04. The van der Waals surface area contributed by atoms with Crippen LogP contribution in [0.15, 0.2) is 24.3 Å². The minimum absolute atomic E-state index is 0.533. The van der Waals surface area contributed by atoms with Crippen LogP contribution in [0.1, 0.15) is 38.2 Å². The Kier molecular flexibility index (Phi) is 6.34. The maximum absolute atomic E-state index is 5.70. The molecule has 0 amide bonds. The molecule has 3 nitrogen and oxygen atoms in total. The maximum atomic E-state index is 5.70. The SMILES string of the molecule is CC(Cc1ccc(N)cc1)NCCCCN1CCCC1. The lowest BCUT2D eigenvalue weighted by atomic mass is 10.1. The van der Waals surface area contributed by atoms with Crippen molar-refractivity contribution in [3.05, 3.63) is 29.8 Å². The summed E-state index contributed by atoms with van der Waals surface area (Å²) in [6.45, 7) is 7.32. The Morgan fingerprint density at radius 2 is 1.85 bits per heavy atom. The average Bonchev–Trinajstić information content (AvgIpc) is 2.94. The topological polar surface area (TPSA) is 41.3 Å². The molecule has 112 valence electrons. The molecule has 0 aromatic heterocycles. The standard InChI is InChI=1S/C17H29N3/c1-15(14-16-6-8-17(18)9-7-16)19-10-2-3-11-20-12-4-5-13-20/h6-9,15,19H,2-5,10-14,18H2,1H3. The van der Waals surface area contributed by atoms with Crippen LogP contribution in [0.3, 0.4) is 0 Å². The summed E-state index contributed by atoms with van der Waals surface area (Å²) in [6, 6.07) is 8.75. The summed E-state index contributed by atoms with van der Waals surface area (Å²) < 4.78 is 0. The number of rotatable bonds is 8. The van der Waals surface area contributed by atoms with E-state index in [9.17, 15) is 0 Å². The van der Waals surface area contributed by atoms with E-state index in [1.54, 1.807) is 0 Å². The minimum atomic E-state index is 0.533. The highest BCUT2D eigenvalue weighted by Gasteiger charge is 2.10. The molecular formula is C17H29N3. The van der Waals surface area contributed by atoms with Crippen LogP contribution in [0.5, 0.6) is 0 Å². The van der Waals surface area contributed by atoms with Crippen LogP contribution in [0.2, 0.25) is 0 Å². The van der Waals surface area contributed by atoms with Crippen molar-refractivity contribution in [2.45, 2.75) is 45.1 Å². The van der Waals surface area contributed by atoms with E-state index in [0.717, 1.165) is 18.7 Å². The van der Waals surface area contributed by atoms with Crippen molar-refractivity contribution < 1.29 is 0 Å². The second-order valence-corrected chi connectivity index (χ2v) is 6.06. The molecule has 1 aromatic rings. The third kappa shape index (κ3) is 5.51. The van der Waals surface area contributed by atoms with Gasteiger partial charge in [-0.15, -0.1) is 0 Å². The number of nitrogens with zero attached hydrogens (tertiary/aromatic N) is 1. The number of nitrogen functional groups attached to an aromatic ring is 1. The molecule has 2 rings (SSSR count).